The number of unbranched alkanes of at least 4 members (excludes halogenated alkanes) is 6. The second kappa shape index (κ2) is 13.3. The minimum Gasteiger partial charge on any atom is -0.392 e. The van der Waals surface area contributed by atoms with Gasteiger partial charge in [0.2, 0.25) is 0 Å². The molecule has 3 nitrogen and oxygen atoms in total. The molecule has 0 aliphatic heterocycles. The molecule has 0 radical (unpaired) electrons. The van der Waals surface area contributed by atoms with E-state index in [9.17, 15) is 15.0 Å². The molecule has 0 heterocycles. The largest absolute Gasteiger partial charge is 0.392 e. The number of carbonyl (C=O) groups is 1. The maximum Gasteiger partial charge on any atom is 0.139 e. The number of rotatable bonds is 13. The summed E-state index contributed by atoms with van der Waals surface area (Å²) < 4.78 is 0. The molecular formula is C22H38O3. The zero-order valence-corrected chi connectivity index (χ0v) is 16.2. The fourth-order valence-electron chi connectivity index (χ4n) is 3.52. The van der Waals surface area contributed by atoms with Gasteiger partial charge in [-0.05, 0) is 19.3 Å². The van der Waals surface area contributed by atoms with Crippen molar-refractivity contribution in [3.8, 4) is 0 Å². The van der Waals surface area contributed by atoms with Gasteiger partial charge in [-0.25, -0.2) is 0 Å². The lowest BCUT2D eigenvalue weighted by molar-refractivity contribution is -0.121. The van der Waals surface area contributed by atoms with E-state index in [0.717, 1.165) is 25.7 Å². The van der Waals surface area contributed by atoms with E-state index in [0.29, 0.717) is 6.42 Å². The van der Waals surface area contributed by atoms with Crippen molar-refractivity contribution in [1.29, 1.82) is 0 Å². The van der Waals surface area contributed by atoms with Crippen LogP contribution in [0.4, 0.5) is 0 Å². The van der Waals surface area contributed by atoms with Gasteiger partial charge in [0.15, 0.2) is 0 Å². The van der Waals surface area contributed by atoms with Gasteiger partial charge in [-0.2, -0.15) is 0 Å². The molecule has 0 saturated heterocycles. The average Bonchev–Trinajstić information content (AvgIpc) is 2.85. The number of aliphatic hydroxyl groups is 2. The van der Waals surface area contributed by atoms with Gasteiger partial charge in [0.05, 0.1) is 12.2 Å². The standard InChI is InChI=1S/C22H38O3/c1-3-5-7-9-11-13-18(23)15-16-20-19(21(24)17-22(20)25)14-12-10-8-6-4-2/h10,12,15-16,18-20,22-23,25H,3-9,11,13-14,17H2,1-2H3/b12-10-,16-15+/t18-,19-,20-,22-/m1/s1. The molecule has 2 N–H and O–H groups in total. The lowest BCUT2D eigenvalue weighted by atomic mass is 9.90. The summed E-state index contributed by atoms with van der Waals surface area (Å²) in [5, 5.41) is 20.3. The van der Waals surface area contributed by atoms with Crippen LogP contribution in [0.2, 0.25) is 0 Å². The molecule has 1 aliphatic rings. The SMILES string of the molecule is CCCC/C=C\C[C@H]1C(=O)C[C@@H](O)[C@@H]1/C=C/[C@H](O)CCCCCCC. The van der Waals surface area contributed by atoms with Gasteiger partial charge in [0.25, 0.3) is 0 Å². The average molecular weight is 351 g/mol. The molecule has 4 atom stereocenters. The summed E-state index contributed by atoms with van der Waals surface area (Å²) in [6.07, 6.45) is 17.8. The van der Waals surface area contributed by atoms with E-state index in [2.05, 4.69) is 26.0 Å². The van der Waals surface area contributed by atoms with Crippen molar-refractivity contribution in [2.24, 2.45) is 11.8 Å². The van der Waals surface area contributed by atoms with Crippen LogP contribution in [0.25, 0.3) is 0 Å². The normalized spacial score (nSPS) is 25.4. The first kappa shape index (κ1) is 22.1. The van der Waals surface area contributed by atoms with E-state index in [1.807, 2.05) is 6.08 Å². The summed E-state index contributed by atoms with van der Waals surface area (Å²) in [6, 6.07) is 0. The molecule has 3 heteroatoms. The highest BCUT2D eigenvalue weighted by atomic mass is 16.3. The molecule has 1 fully saturated rings. The van der Waals surface area contributed by atoms with E-state index in [1.165, 1.54) is 32.1 Å². The number of allylic oxidation sites excluding steroid dienone is 2. The molecule has 1 aliphatic carbocycles. The molecule has 1 saturated carbocycles. The summed E-state index contributed by atoms with van der Waals surface area (Å²) in [5.41, 5.74) is 0. The van der Waals surface area contributed by atoms with Crippen LogP contribution < -0.4 is 0 Å². The first-order valence-corrected chi connectivity index (χ1v) is 10.3. The number of carbonyl (C=O) groups excluding carboxylic acids is 1. The quantitative estimate of drug-likeness (QED) is 0.364. The fourth-order valence-corrected chi connectivity index (χ4v) is 3.52. The van der Waals surface area contributed by atoms with Gasteiger partial charge in [0, 0.05) is 18.3 Å². The van der Waals surface area contributed by atoms with Crippen LogP contribution in [0.15, 0.2) is 24.3 Å². The fraction of sp³-hybridized carbons (Fsp3) is 0.773. The van der Waals surface area contributed by atoms with Crippen LogP contribution in [0, 0.1) is 11.8 Å². The Morgan fingerprint density at radius 1 is 1.08 bits per heavy atom. The van der Waals surface area contributed by atoms with Crippen LogP contribution in [0.5, 0.6) is 0 Å². The summed E-state index contributed by atoms with van der Waals surface area (Å²) in [7, 11) is 0. The topological polar surface area (TPSA) is 57.5 Å². The monoisotopic (exact) mass is 350 g/mol. The molecule has 144 valence electrons. The van der Waals surface area contributed by atoms with Crippen molar-refractivity contribution in [2.75, 3.05) is 0 Å². The van der Waals surface area contributed by atoms with Gasteiger partial charge < -0.3 is 10.2 Å². The second-order valence-corrected chi connectivity index (χ2v) is 7.43. The third-order valence-corrected chi connectivity index (χ3v) is 5.17. The number of Topliss-reactive ketones (excluding diaryl/α,β-unsaturated/α-hetero) is 1. The molecule has 0 bridgehead atoms. The molecule has 0 aromatic rings. The Bertz CT molecular complexity index is 413. The second-order valence-electron chi connectivity index (χ2n) is 7.43. The summed E-state index contributed by atoms with van der Waals surface area (Å²) >= 11 is 0. The Morgan fingerprint density at radius 2 is 1.80 bits per heavy atom. The molecule has 0 aromatic heterocycles. The van der Waals surface area contributed by atoms with Crippen molar-refractivity contribution in [1.82, 2.24) is 0 Å². The molecule has 0 aromatic carbocycles. The summed E-state index contributed by atoms with van der Waals surface area (Å²) in [5.74, 6) is -0.143. The van der Waals surface area contributed by atoms with Gasteiger partial charge in [-0.15, -0.1) is 0 Å². The third-order valence-electron chi connectivity index (χ3n) is 5.17. The number of hydrogen-bond donors (Lipinski definition) is 2. The number of ketones is 1. The molecule has 0 spiro atoms. The maximum absolute atomic E-state index is 12.1. The zero-order valence-electron chi connectivity index (χ0n) is 16.2. The van der Waals surface area contributed by atoms with Crippen molar-refractivity contribution in [3.05, 3.63) is 24.3 Å². The highest BCUT2D eigenvalue weighted by Gasteiger charge is 2.39. The lowest BCUT2D eigenvalue weighted by Gasteiger charge is -2.16. The molecule has 25 heavy (non-hydrogen) atoms. The van der Waals surface area contributed by atoms with Gasteiger partial charge in [-0.1, -0.05) is 83.1 Å². The van der Waals surface area contributed by atoms with Crippen molar-refractivity contribution < 1.29 is 15.0 Å². The molecule has 0 amide bonds. The van der Waals surface area contributed by atoms with E-state index in [-0.39, 0.29) is 24.0 Å². The minimum absolute atomic E-state index is 0.138. The van der Waals surface area contributed by atoms with E-state index in [1.54, 1.807) is 6.08 Å². The predicted octanol–water partition coefficient (Wildman–Crippen LogP) is 4.97. The van der Waals surface area contributed by atoms with Crippen LogP contribution in [-0.2, 0) is 4.79 Å². The van der Waals surface area contributed by atoms with Gasteiger partial charge >= 0.3 is 0 Å². The van der Waals surface area contributed by atoms with E-state index < -0.39 is 12.2 Å². The van der Waals surface area contributed by atoms with E-state index in [4.69, 9.17) is 0 Å². The van der Waals surface area contributed by atoms with Gasteiger partial charge in [-0.3, -0.25) is 4.79 Å². The Morgan fingerprint density at radius 3 is 2.52 bits per heavy atom. The highest BCUT2D eigenvalue weighted by molar-refractivity contribution is 5.84. The van der Waals surface area contributed by atoms with Crippen LogP contribution in [0.3, 0.4) is 0 Å². The van der Waals surface area contributed by atoms with Crippen molar-refractivity contribution in [2.45, 2.75) is 96.7 Å². The molecule has 0 unspecified atom stereocenters. The van der Waals surface area contributed by atoms with Crippen molar-refractivity contribution in [3.63, 3.8) is 0 Å². The summed E-state index contributed by atoms with van der Waals surface area (Å²) in [6.45, 7) is 4.36. The molecular weight excluding hydrogens is 312 g/mol. The number of aliphatic hydroxyl groups excluding tert-OH is 2. The zero-order chi connectivity index (χ0) is 18.5. The Hall–Kier alpha value is -0.930. The lowest BCUT2D eigenvalue weighted by Crippen LogP contribution is -2.18. The Kier molecular flexibility index (Phi) is 11.8. The number of hydrogen-bond acceptors (Lipinski definition) is 3. The van der Waals surface area contributed by atoms with Crippen LogP contribution in [0.1, 0.15) is 84.5 Å². The smallest absolute Gasteiger partial charge is 0.139 e. The maximum atomic E-state index is 12.1. The molecule has 1 rings (SSSR count). The minimum atomic E-state index is -0.602. The Balaban J connectivity index is 2.43. The highest BCUT2D eigenvalue weighted by Crippen LogP contribution is 2.33. The van der Waals surface area contributed by atoms with E-state index >= 15 is 0 Å². The van der Waals surface area contributed by atoms with Gasteiger partial charge in [0.1, 0.15) is 5.78 Å². The van der Waals surface area contributed by atoms with Crippen LogP contribution in [-0.4, -0.2) is 28.2 Å². The first-order valence-electron chi connectivity index (χ1n) is 10.3. The third kappa shape index (κ3) is 8.82. The van der Waals surface area contributed by atoms with Crippen molar-refractivity contribution >= 4 is 5.78 Å². The Labute approximate surface area is 154 Å². The van der Waals surface area contributed by atoms with Crippen LogP contribution >= 0.6 is 0 Å². The summed E-state index contributed by atoms with van der Waals surface area (Å²) in [4.78, 5) is 12.1. The first-order chi connectivity index (χ1) is 12.1. The predicted molar refractivity (Wildman–Crippen MR) is 104 cm³/mol.